The summed E-state index contributed by atoms with van der Waals surface area (Å²) >= 11 is 6.41. The SMILES string of the molecule is Cc1cccnc1CC(Cl)CCCc1ccccc1. The molecule has 0 amide bonds. The van der Waals surface area contributed by atoms with Crippen LogP contribution in [0.1, 0.15) is 29.7 Å². The molecule has 1 atom stereocenters. The average Bonchev–Trinajstić information content (AvgIpc) is 2.43. The first-order valence-electron chi connectivity index (χ1n) is 6.84. The number of nitrogens with zero attached hydrogens (tertiary/aromatic N) is 1. The maximum Gasteiger partial charge on any atom is 0.0447 e. The molecule has 0 spiro atoms. The third-order valence-corrected chi connectivity index (χ3v) is 3.73. The van der Waals surface area contributed by atoms with Crippen LogP contribution in [0.15, 0.2) is 48.7 Å². The van der Waals surface area contributed by atoms with Gasteiger partial charge in [-0.3, -0.25) is 4.98 Å². The van der Waals surface area contributed by atoms with E-state index in [0.717, 1.165) is 31.4 Å². The third-order valence-electron chi connectivity index (χ3n) is 3.36. The van der Waals surface area contributed by atoms with Crippen LogP contribution in [0.3, 0.4) is 0 Å². The van der Waals surface area contributed by atoms with Crippen molar-refractivity contribution in [2.75, 3.05) is 0 Å². The van der Waals surface area contributed by atoms with E-state index in [0.29, 0.717) is 0 Å². The molecule has 0 saturated heterocycles. The zero-order valence-electron chi connectivity index (χ0n) is 11.3. The molecular weight excluding hydrogens is 254 g/mol. The number of hydrogen-bond donors (Lipinski definition) is 0. The van der Waals surface area contributed by atoms with Crippen molar-refractivity contribution in [3.63, 3.8) is 0 Å². The Morgan fingerprint density at radius 2 is 1.89 bits per heavy atom. The molecule has 0 bridgehead atoms. The summed E-state index contributed by atoms with van der Waals surface area (Å²) in [6, 6.07) is 14.6. The molecule has 2 rings (SSSR count). The average molecular weight is 274 g/mol. The van der Waals surface area contributed by atoms with E-state index in [1.807, 2.05) is 12.3 Å². The van der Waals surface area contributed by atoms with E-state index in [1.54, 1.807) is 0 Å². The van der Waals surface area contributed by atoms with Crippen LogP contribution in [0, 0.1) is 6.92 Å². The van der Waals surface area contributed by atoms with Gasteiger partial charge in [0, 0.05) is 23.7 Å². The molecule has 1 heterocycles. The first-order chi connectivity index (χ1) is 9.25. The highest BCUT2D eigenvalue weighted by molar-refractivity contribution is 6.20. The Kier molecular flexibility index (Phi) is 5.41. The summed E-state index contributed by atoms with van der Waals surface area (Å²) in [5.41, 5.74) is 3.75. The van der Waals surface area contributed by atoms with Crippen LogP contribution in [-0.2, 0) is 12.8 Å². The van der Waals surface area contributed by atoms with Gasteiger partial charge >= 0.3 is 0 Å². The summed E-state index contributed by atoms with van der Waals surface area (Å²) in [4.78, 5) is 4.40. The Labute approximate surface area is 120 Å². The highest BCUT2D eigenvalue weighted by atomic mass is 35.5. The van der Waals surface area contributed by atoms with Crippen LogP contribution in [0.4, 0.5) is 0 Å². The highest BCUT2D eigenvalue weighted by Crippen LogP contribution is 2.16. The Bertz CT molecular complexity index is 496. The molecule has 0 fully saturated rings. The van der Waals surface area contributed by atoms with E-state index >= 15 is 0 Å². The standard InChI is InChI=1S/C17H20ClN/c1-14-7-6-12-19-17(14)13-16(18)11-5-10-15-8-3-2-4-9-15/h2-4,6-9,12,16H,5,10-11,13H2,1H3. The molecule has 1 aromatic heterocycles. The van der Waals surface area contributed by atoms with Gasteiger partial charge < -0.3 is 0 Å². The van der Waals surface area contributed by atoms with Crippen LogP contribution in [0.25, 0.3) is 0 Å². The van der Waals surface area contributed by atoms with E-state index in [9.17, 15) is 0 Å². The van der Waals surface area contributed by atoms with Gasteiger partial charge in [0.25, 0.3) is 0 Å². The number of halogens is 1. The minimum Gasteiger partial charge on any atom is -0.261 e. The van der Waals surface area contributed by atoms with Crippen molar-refractivity contribution in [1.82, 2.24) is 4.98 Å². The summed E-state index contributed by atoms with van der Waals surface area (Å²) < 4.78 is 0. The molecule has 19 heavy (non-hydrogen) atoms. The van der Waals surface area contributed by atoms with E-state index in [2.05, 4.69) is 48.3 Å². The Balaban J connectivity index is 1.76. The van der Waals surface area contributed by atoms with E-state index < -0.39 is 0 Å². The molecule has 0 aliphatic heterocycles. The van der Waals surface area contributed by atoms with Crippen molar-refractivity contribution in [1.29, 1.82) is 0 Å². The third kappa shape index (κ3) is 4.68. The quantitative estimate of drug-likeness (QED) is 0.703. The van der Waals surface area contributed by atoms with Gasteiger partial charge in [-0.15, -0.1) is 11.6 Å². The number of aromatic nitrogens is 1. The predicted molar refractivity (Wildman–Crippen MR) is 81.7 cm³/mol. The molecule has 2 heteroatoms. The van der Waals surface area contributed by atoms with E-state index in [4.69, 9.17) is 11.6 Å². The molecule has 0 saturated carbocycles. The van der Waals surface area contributed by atoms with Crippen molar-refractivity contribution in [3.05, 3.63) is 65.5 Å². The Hall–Kier alpha value is -1.34. The topological polar surface area (TPSA) is 12.9 Å². The summed E-state index contributed by atoms with van der Waals surface area (Å²) in [6.07, 6.45) is 5.97. The van der Waals surface area contributed by atoms with Gasteiger partial charge in [0.2, 0.25) is 0 Å². The number of benzene rings is 1. The maximum atomic E-state index is 6.41. The number of aryl methyl sites for hydroxylation is 2. The Morgan fingerprint density at radius 3 is 2.63 bits per heavy atom. The minimum absolute atomic E-state index is 0.178. The van der Waals surface area contributed by atoms with Crippen molar-refractivity contribution in [3.8, 4) is 0 Å². The fourth-order valence-corrected chi connectivity index (χ4v) is 2.52. The lowest BCUT2D eigenvalue weighted by Gasteiger charge is -2.10. The smallest absolute Gasteiger partial charge is 0.0447 e. The molecule has 1 aromatic carbocycles. The lowest BCUT2D eigenvalue weighted by Crippen LogP contribution is -2.07. The normalized spacial score (nSPS) is 12.3. The fraction of sp³-hybridized carbons (Fsp3) is 0.353. The van der Waals surface area contributed by atoms with Crippen LogP contribution in [0.2, 0.25) is 0 Å². The minimum atomic E-state index is 0.178. The van der Waals surface area contributed by atoms with E-state index in [-0.39, 0.29) is 5.38 Å². The van der Waals surface area contributed by atoms with Crippen molar-refractivity contribution in [2.45, 2.75) is 38.0 Å². The first kappa shape index (κ1) is 14.1. The van der Waals surface area contributed by atoms with Gasteiger partial charge in [0.1, 0.15) is 0 Å². The molecule has 0 radical (unpaired) electrons. The molecule has 1 unspecified atom stereocenters. The highest BCUT2D eigenvalue weighted by Gasteiger charge is 2.08. The summed E-state index contributed by atoms with van der Waals surface area (Å²) in [5, 5.41) is 0.178. The first-order valence-corrected chi connectivity index (χ1v) is 7.28. The molecule has 0 aliphatic carbocycles. The zero-order valence-corrected chi connectivity index (χ0v) is 12.1. The molecular formula is C17H20ClN. The molecule has 1 nitrogen and oxygen atoms in total. The van der Waals surface area contributed by atoms with Crippen LogP contribution in [-0.4, -0.2) is 10.4 Å². The molecule has 0 aliphatic rings. The molecule has 100 valence electrons. The number of rotatable bonds is 6. The van der Waals surface area contributed by atoms with Crippen molar-refractivity contribution in [2.24, 2.45) is 0 Å². The monoisotopic (exact) mass is 273 g/mol. The van der Waals surface area contributed by atoms with Crippen molar-refractivity contribution >= 4 is 11.6 Å². The molecule has 2 aromatic rings. The lowest BCUT2D eigenvalue weighted by atomic mass is 10.0. The summed E-state index contributed by atoms with van der Waals surface area (Å²) in [7, 11) is 0. The van der Waals surface area contributed by atoms with E-state index in [1.165, 1.54) is 11.1 Å². The number of pyridine rings is 1. The van der Waals surface area contributed by atoms with Gasteiger partial charge in [-0.1, -0.05) is 36.4 Å². The number of alkyl halides is 1. The van der Waals surface area contributed by atoms with Gasteiger partial charge in [-0.2, -0.15) is 0 Å². The van der Waals surface area contributed by atoms with Crippen LogP contribution >= 0.6 is 11.6 Å². The predicted octanol–water partition coefficient (Wildman–Crippen LogP) is 4.56. The van der Waals surface area contributed by atoms with Gasteiger partial charge in [0.15, 0.2) is 0 Å². The van der Waals surface area contributed by atoms with Crippen LogP contribution < -0.4 is 0 Å². The van der Waals surface area contributed by atoms with Crippen LogP contribution in [0.5, 0.6) is 0 Å². The van der Waals surface area contributed by atoms with Crippen molar-refractivity contribution < 1.29 is 0 Å². The molecule has 0 N–H and O–H groups in total. The Morgan fingerprint density at radius 1 is 1.11 bits per heavy atom. The fourth-order valence-electron chi connectivity index (χ4n) is 2.22. The lowest BCUT2D eigenvalue weighted by molar-refractivity contribution is 0.677. The second kappa shape index (κ2) is 7.30. The van der Waals surface area contributed by atoms with Gasteiger partial charge in [-0.05, 0) is 43.4 Å². The zero-order chi connectivity index (χ0) is 13.5. The largest absolute Gasteiger partial charge is 0.261 e. The van der Waals surface area contributed by atoms with Gasteiger partial charge in [-0.25, -0.2) is 0 Å². The number of hydrogen-bond acceptors (Lipinski definition) is 1. The summed E-state index contributed by atoms with van der Waals surface area (Å²) in [6.45, 7) is 2.09. The van der Waals surface area contributed by atoms with Gasteiger partial charge in [0.05, 0.1) is 0 Å². The second-order valence-corrected chi connectivity index (χ2v) is 5.56. The summed E-state index contributed by atoms with van der Waals surface area (Å²) in [5.74, 6) is 0. The second-order valence-electron chi connectivity index (χ2n) is 4.95. The maximum absolute atomic E-state index is 6.41.